The Morgan fingerprint density at radius 1 is 1.55 bits per heavy atom. The third kappa shape index (κ3) is 3.55. The number of aliphatic carboxylic acids is 1. The number of aryl methyl sites for hydroxylation is 1. The van der Waals surface area contributed by atoms with Crippen LogP contribution in [0.15, 0.2) is 11.4 Å². The van der Waals surface area contributed by atoms with Gasteiger partial charge in [-0.1, -0.05) is 25.6 Å². The van der Waals surface area contributed by atoms with Crippen LogP contribution in [0.1, 0.15) is 38.4 Å². The number of aromatic nitrogens is 2. The Balaban J connectivity index is 2.18. The van der Waals surface area contributed by atoms with Crippen LogP contribution < -0.4 is 0 Å². The number of hydrogen-bond acceptors (Lipinski definition) is 4. The third-order valence-electron chi connectivity index (χ3n) is 3.82. The molecule has 1 saturated heterocycles. The Hall–Kier alpha value is -1.01. The second kappa shape index (κ2) is 7.13. The van der Waals surface area contributed by atoms with Gasteiger partial charge >= 0.3 is 5.97 Å². The van der Waals surface area contributed by atoms with Gasteiger partial charge in [-0.05, 0) is 32.4 Å². The summed E-state index contributed by atoms with van der Waals surface area (Å²) >= 11 is 1.33. The Bertz CT molecular complexity index is 461. The van der Waals surface area contributed by atoms with Crippen molar-refractivity contribution in [2.24, 2.45) is 0 Å². The van der Waals surface area contributed by atoms with Gasteiger partial charge in [-0.3, -0.25) is 4.79 Å². The Morgan fingerprint density at radius 3 is 3.00 bits per heavy atom. The van der Waals surface area contributed by atoms with Crippen molar-refractivity contribution in [3.05, 3.63) is 11.9 Å². The predicted molar refractivity (Wildman–Crippen MR) is 80.3 cm³/mol. The standard InChI is InChI=1S/C14H23N3O2S/c1-3-11-8-15-14(20-10-13(18)19)17(11)12-6-5-7-16(4-2)9-12/h8,12H,3-7,9-10H2,1-2H3,(H,18,19). The van der Waals surface area contributed by atoms with Gasteiger partial charge in [0.05, 0.1) is 5.75 Å². The zero-order valence-corrected chi connectivity index (χ0v) is 13.0. The van der Waals surface area contributed by atoms with Crippen LogP contribution in [0.5, 0.6) is 0 Å². The zero-order chi connectivity index (χ0) is 14.5. The summed E-state index contributed by atoms with van der Waals surface area (Å²) in [6.45, 7) is 7.60. The fourth-order valence-electron chi connectivity index (χ4n) is 2.79. The number of piperidine rings is 1. The van der Waals surface area contributed by atoms with E-state index in [4.69, 9.17) is 5.11 Å². The largest absolute Gasteiger partial charge is 0.481 e. The van der Waals surface area contributed by atoms with Gasteiger partial charge in [-0.25, -0.2) is 4.98 Å². The maximum Gasteiger partial charge on any atom is 0.313 e. The summed E-state index contributed by atoms with van der Waals surface area (Å²) < 4.78 is 2.27. The van der Waals surface area contributed by atoms with E-state index in [1.165, 1.54) is 30.4 Å². The molecule has 1 aromatic heterocycles. The molecule has 0 radical (unpaired) electrons. The number of thioether (sulfide) groups is 1. The second-order valence-corrected chi connectivity index (χ2v) is 6.07. The highest BCUT2D eigenvalue weighted by molar-refractivity contribution is 7.99. The highest BCUT2D eigenvalue weighted by atomic mass is 32.2. The maximum absolute atomic E-state index is 10.8. The van der Waals surface area contributed by atoms with E-state index in [2.05, 4.69) is 28.3 Å². The van der Waals surface area contributed by atoms with E-state index in [0.717, 1.165) is 31.1 Å². The lowest BCUT2D eigenvalue weighted by Crippen LogP contribution is -2.37. The van der Waals surface area contributed by atoms with Crippen molar-refractivity contribution in [1.82, 2.24) is 14.5 Å². The van der Waals surface area contributed by atoms with Crippen LogP contribution in [0, 0.1) is 0 Å². The van der Waals surface area contributed by atoms with Crippen molar-refractivity contribution in [3.8, 4) is 0 Å². The lowest BCUT2D eigenvalue weighted by atomic mass is 10.1. The first-order valence-electron chi connectivity index (χ1n) is 7.28. The number of likely N-dealkylation sites (tertiary alicyclic amines) is 1. The summed E-state index contributed by atoms with van der Waals surface area (Å²) in [4.78, 5) is 17.7. The molecule has 1 unspecified atom stereocenters. The van der Waals surface area contributed by atoms with Crippen LogP contribution in [0.4, 0.5) is 0 Å². The Labute approximate surface area is 124 Å². The second-order valence-electron chi connectivity index (χ2n) is 5.13. The molecule has 2 rings (SSSR count). The number of nitrogens with zero attached hydrogens (tertiary/aromatic N) is 3. The number of likely N-dealkylation sites (N-methyl/N-ethyl adjacent to an activating group) is 1. The van der Waals surface area contributed by atoms with Gasteiger partial charge in [-0.15, -0.1) is 0 Å². The number of rotatable bonds is 6. The lowest BCUT2D eigenvalue weighted by Gasteiger charge is -2.34. The van der Waals surface area contributed by atoms with Crippen LogP contribution in [0.2, 0.25) is 0 Å². The van der Waals surface area contributed by atoms with Crippen LogP contribution in [0.3, 0.4) is 0 Å². The zero-order valence-electron chi connectivity index (χ0n) is 12.2. The molecule has 0 saturated carbocycles. The summed E-state index contributed by atoms with van der Waals surface area (Å²) in [5.41, 5.74) is 1.21. The molecule has 0 aliphatic carbocycles. The number of imidazole rings is 1. The number of carboxylic acid groups (broad SMARTS) is 1. The highest BCUT2D eigenvalue weighted by Crippen LogP contribution is 2.29. The number of carbonyl (C=O) groups is 1. The molecule has 0 aromatic carbocycles. The van der Waals surface area contributed by atoms with Gasteiger partial charge in [0.25, 0.3) is 0 Å². The van der Waals surface area contributed by atoms with Crippen molar-refractivity contribution in [1.29, 1.82) is 0 Å². The van der Waals surface area contributed by atoms with Crippen molar-refractivity contribution in [3.63, 3.8) is 0 Å². The molecule has 20 heavy (non-hydrogen) atoms. The molecule has 1 aliphatic rings. The molecule has 0 spiro atoms. The van der Waals surface area contributed by atoms with Gasteiger partial charge in [0.1, 0.15) is 0 Å². The minimum absolute atomic E-state index is 0.0738. The summed E-state index contributed by atoms with van der Waals surface area (Å²) in [5.74, 6) is -0.717. The monoisotopic (exact) mass is 297 g/mol. The molecule has 1 aromatic rings. The Kier molecular flexibility index (Phi) is 5.48. The molecule has 6 heteroatoms. The molecule has 1 N–H and O–H groups in total. The van der Waals surface area contributed by atoms with Crippen molar-refractivity contribution >= 4 is 17.7 Å². The van der Waals surface area contributed by atoms with Gasteiger partial charge in [0.15, 0.2) is 5.16 Å². The molecule has 2 heterocycles. The summed E-state index contributed by atoms with van der Waals surface area (Å²) in [6, 6.07) is 0.428. The minimum atomic E-state index is -0.790. The van der Waals surface area contributed by atoms with E-state index in [1.54, 1.807) is 0 Å². The lowest BCUT2D eigenvalue weighted by molar-refractivity contribution is -0.133. The van der Waals surface area contributed by atoms with E-state index < -0.39 is 5.97 Å². The number of carboxylic acids is 1. The maximum atomic E-state index is 10.8. The quantitative estimate of drug-likeness (QED) is 0.816. The summed E-state index contributed by atoms with van der Waals surface area (Å²) in [7, 11) is 0. The van der Waals surface area contributed by atoms with Gasteiger partial charge in [0.2, 0.25) is 0 Å². The van der Waals surface area contributed by atoms with Crippen LogP contribution in [-0.4, -0.2) is 50.9 Å². The van der Waals surface area contributed by atoms with Crippen molar-refractivity contribution < 1.29 is 9.90 Å². The average Bonchev–Trinajstić information content (AvgIpc) is 2.88. The third-order valence-corrected chi connectivity index (χ3v) is 4.77. The van der Waals surface area contributed by atoms with E-state index >= 15 is 0 Å². The summed E-state index contributed by atoms with van der Waals surface area (Å²) in [6.07, 6.45) is 5.18. The molecule has 5 nitrogen and oxygen atoms in total. The molecule has 1 aliphatic heterocycles. The van der Waals surface area contributed by atoms with Gasteiger partial charge in [-0.2, -0.15) is 0 Å². The topological polar surface area (TPSA) is 58.4 Å². The SMILES string of the molecule is CCc1cnc(SCC(=O)O)n1C1CCCN(CC)C1. The molecule has 1 fully saturated rings. The molecule has 112 valence electrons. The summed E-state index contributed by atoms with van der Waals surface area (Å²) in [5, 5.41) is 9.71. The molecule has 0 bridgehead atoms. The first kappa shape index (κ1) is 15.4. The first-order chi connectivity index (χ1) is 9.65. The Morgan fingerprint density at radius 2 is 2.35 bits per heavy atom. The van der Waals surface area contributed by atoms with Gasteiger partial charge in [0, 0.05) is 24.5 Å². The van der Waals surface area contributed by atoms with E-state index in [0.29, 0.717) is 6.04 Å². The van der Waals surface area contributed by atoms with Crippen molar-refractivity contribution in [2.75, 3.05) is 25.4 Å². The van der Waals surface area contributed by atoms with Gasteiger partial charge < -0.3 is 14.6 Å². The van der Waals surface area contributed by atoms with Crippen molar-refractivity contribution in [2.45, 2.75) is 44.3 Å². The first-order valence-corrected chi connectivity index (χ1v) is 8.27. The van der Waals surface area contributed by atoms with Crippen LogP contribution >= 0.6 is 11.8 Å². The molecule has 0 amide bonds. The van der Waals surface area contributed by atoms with Crippen LogP contribution in [-0.2, 0) is 11.2 Å². The van der Waals surface area contributed by atoms with E-state index in [9.17, 15) is 4.79 Å². The van der Waals surface area contributed by atoms with E-state index in [-0.39, 0.29) is 5.75 Å². The normalized spacial score (nSPS) is 20.2. The van der Waals surface area contributed by atoms with E-state index in [1.807, 2.05) is 6.20 Å². The smallest absolute Gasteiger partial charge is 0.313 e. The average molecular weight is 297 g/mol. The number of hydrogen-bond donors (Lipinski definition) is 1. The fraction of sp³-hybridized carbons (Fsp3) is 0.714. The predicted octanol–water partition coefficient (Wildman–Crippen LogP) is 2.28. The minimum Gasteiger partial charge on any atom is -0.481 e. The van der Waals surface area contributed by atoms with Crippen LogP contribution in [0.25, 0.3) is 0 Å². The highest BCUT2D eigenvalue weighted by Gasteiger charge is 2.24. The molecule has 1 atom stereocenters. The fourth-order valence-corrected chi connectivity index (χ4v) is 3.58. The molecular weight excluding hydrogens is 274 g/mol. The molecular formula is C14H23N3O2S.